The molecule has 1 atom stereocenters. The molecule has 0 spiro atoms. The number of rotatable bonds is 9. The van der Waals surface area contributed by atoms with Crippen LogP contribution in [0.5, 0.6) is 11.5 Å². The van der Waals surface area contributed by atoms with Crippen molar-refractivity contribution in [3.8, 4) is 11.5 Å². The normalized spacial score (nSPS) is 14.5. The van der Waals surface area contributed by atoms with Crippen LogP contribution in [0.15, 0.2) is 76.7 Å². The highest BCUT2D eigenvalue weighted by atomic mass is 35.5. The van der Waals surface area contributed by atoms with E-state index < -0.39 is 0 Å². The number of furan rings is 1. The first-order valence-corrected chi connectivity index (χ1v) is 13.9. The van der Waals surface area contributed by atoms with E-state index in [1.807, 2.05) is 35.4 Å². The van der Waals surface area contributed by atoms with Crippen molar-refractivity contribution in [3.63, 3.8) is 0 Å². The van der Waals surface area contributed by atoms with Crippen LogP contribution in [-0.2, 0) is 17.8 Å². The summed E-state index contributed by atoms with van der Waals surface area (Å²) >= 11 is 7.87. The molecular weight excluding hydrogens is 536 g/mol. The molecule has 1 aliphatic heterocycles. The van der Waals surface area contributed by atoms with Crippen molar-refractivity contribution < 1.29 is 23.5 Å². The summed E-state index contributed by atoms with van der Waals surface area (Å²) in [6, 6.07) is 17.9. The third-order valence-corrected chi connectivity index (χ3v) is 8.25. The third-order valence-electron chi connectivity index (χ3n) is 6.83. The molecule has 2 amide bonds. The Bertz CT molecular complexity index is 1450. The first-order chi connectivity index (χ1) is 18.9. The number of carbonyl (C=O) groups excluding carboxylic acids is 2. The zero-order chi connectivity index (χ0) is 27.4. The molecule has 0 saturated heterocycles. The summed E-state index contributed by atoms with van der Waals surface area (Å²) < 4.78 is 17.1. The van der Waals surface area contributed by atoms with Crippen molar-refractivity contribution in [1.29, 1.82) is 0 Å². The van der Waals surface area contributed by atoms with Gasteiger partial charge in [0.05, 0.1) is 31.5 Å². The van der Waals surface area contributed by atoms with E-state index in [2.05, 4.69) is 6.07 Å². The molecule has 0 unspecified atom stereocenters. The lowest BCUT2D eigenvalue weighted by molar-refractivity contribution is -0.135. The fraction of sp³-hybridized carbons (Fsp3) is 0.267. The van der Waals surface area contributed by atoms with Crippen LogP contribution in [0.2, 0.25) is 5.02 Å². The van der Waals surface area contributed by atoms with Crippen molar-refractivity contribution in [1.82, 2.24) is 9.80 Å². The van der Waals surface area contributed by atoms with Crippen LogP contribution >= 0.6 is 22.9 Å². The van der Waals surface area contributed by atoms with Gasteiger partial charge in [0.15, 0.2) is 0 Å². The van der Waals surface area contributed by atoms with E-state index in [0.29, 0.717) is 34.4 Å². The van der Waals surface area contributed by atoms with Gasteiger partial charge < -0.3 is 23.7 Å². The molecule has 7 nitrogen and oxygen atoms in total. The Morgan fingerprint density at radius 1 is 1.15 bits per heavy atom. The minimum Gasteiger partial charge on any atom is -0.496 e. The van der Waals surface area contributed by atoms with E-state index in [1.54, 1.807) is 54.0 Å². The van der Waals surface area contributed by atoms with Crippen LogP contribution in [0.4, 0.5) is 0 Å². The van der Waals surface area contributed by atoms with E-state index in [9.17, 15) is 9.59 Å². The number of carbonyl (C=O) groups is 2. The zero-order valence-corrected chi connectivity index (χ0v) is 23.3. The monoisotopic (exact) mass is 564 g/mol. The second-order valence-corrected chi connectivity index (χ2v) is 10.7. The van der Waals surface area contributed by atoms with E-state index in [0.717, 1.165) is 17.5 Å². The van der Waals surface area contributed by atoms with Gasteiger partial charge in [-0.3, -0.25) is 9.59 Å². The lowest BCUT2D eigenvalue weighted by atomic mass is 10.00. The van der Waals surface area contributed by atoms with Gasteiger partial charge in [-0.15, -0.1) is 11.3 Å². The number of halogens is 1. The molecule has 0 aliphatic carbocycles. The molecule has 39 heavy (non-hydrogen) atoms. The predicted octanol–water partition coefficient (Wildman–Crippen LogP) is 6.16. The maximum Gasteiger partial charge on any atom is 0.258 e. The Kier molecular flexibility index (Phi) is 8.24. The molecule has 4 aromatic rings. The third kappa shape index (κ3) is 5.97. The van der Waals surface area contributed by atoms with Crippen LogP contribution in [0.25, 0.3) is 0 Å². The Hall–Kier alpha value is -3.75. The SMILES string of the molecule is COc1ccccc1C(=O)N(CC(=O)N1CCc2sccc2[C@@H]1COc1ccc(Cl)c(C)c1)Cc1ccco1. The number of amides is 2. The van der Waals surface area contributed by atoms with E-state index in [-0.39, 0.29) is 37.6 Å². The molecule has 3 heterocycles. The lowest BCUT2D eigenvalue weighted by Crippen LogP contribution is -2.47. The summed E-state index contributed by atoms with van der Waals surface area (Å²) in [7, 11) is 1.52. The molecule has 0 fully saturated rings. The highest BCUT2D eigenvalue weighted by molar-refractivity contribution is 7.10. The summed E-state index contributed by atoms with van der Waals surface area (Å²) in [4.78, 5) is 32.1. The Morgan fingerprint density at radius 3 is 2.77 bits per heavy atom. The predicted molar refractivity (Wildman–Crippen MR) is 151 cm³/mol. The fourth-order valence-corrected chi connectivity index (χ4v) is 5.84. The standard InChI is InChI=1S/C30H29ClN2O5S/c1-20-16-21(9-10-25(20)31)38-19-26-23-12-15-39-28(23)11-13-33(26)29(34)18-32(17-22-6-5-14-37-22)30(35)24-7-3-4-8-27(24)36-2/h3-10,12,14-16,26H,11,13,17-19H2,1-2H3/t26-/m0/s1. The van der Waals surface area contributed by atoms with Crippen molar-refractivity contribution in [2.24, 2.45) is 0 Å². The summed E-state index contributed by atoms with van der Waals surface area (Å²) in [5.74, 6) is 1.25. The maximum atomic E-state index is 13.9. The molecular formula is C30H29ClN2O5S. The number of hydrogen-bond donors (Lipinski definition) is 0. The maximum absolute atomic E-state index is 13.9. The first-order valence-electron chi connectivity index (χ1n) is 12.6. The number of hydrogen-bond acceptors (Lipinski definition) is 6. The summed E-state index contributed by atoms with van der Waals surface area (Å²) in [6.45, 7) is 2.79. The molecule has 0 saturated carbocycles. The number of methoxy groups -OCH3 is 1. The van der Waals surface area contributed by atoms with E-state index in [1.165, 1.54) is 16.9 Å². The summed E-state index contributed by atoms with van der Waals surface area (Å²) in [5, 5.41) is 2.72. The second-order valence-electron chi connectivity index (χ2n) is 9.31. The highest BCUT2D eigenvalue weighted by Gasteiger charge is 2.34. The number of aryl methyl sites for hydroxylation is 1. The minimum atomic E-state index is -0.310. The average Bonchev–Trinajstić information content (AvgIpc) is 3.65. The zero-order valence-electron chi connectivity index (χ0n) is 21.8. The first kappa shape index (κ1) is 26.8. The molecule has 0 radical (unpaired) electrons. The topological polar surface area (TPSA) is 72.2 Å². The van der Waals surface area contributed by atoms with Crippen molar-refractivity contribution in [3.05, 3.63) is 105 Å². The van der Waals surface area contributed by atoms with Crippen molar-refractivity contribution in [2.75, 3.05) is 26.8 Å². The second kappa shape index (κ2) is 12.0. The minimum absolute atomic E-state index is 0.117. The van der Waals surface area contributed by atoms with Crippen LogP contribution in [0, 0.1) is 6.92 Å². The Labute approximate surface area is 236 Å². The largest absolute Gasteiger partial charge is 0.496 e. The van der Waals surface area contributed by atoms with Gasteiger partial charge in [0.1, 0.15) is 30.4 Å². The quantitative estimate of drug-likeness (QED) is 0.243. The van der Waals surface area contributed by atoms with Crippen molar-refractivity contribution in [2.45, 2.75) is 25.9 Å². The molecule has 9 heteroatoms. The number of benzene rings is 2. The van der Waals surface area contributed by atoms with Crippen LogP contribution in [0.3, 0.4) is 0 Å². The van der Waals surface area contributed by atoms with Gasteiger partial charge in [-0.05, 0) is 78.4 Å². The van der Waals surface area contributed by atoms with Crippen LogP contribution in [-0.4, -0.2) is 48.4 Å². The summed E-state index contributed by atoms with van der Waals surface area (Å²) in [5.41, 5.74) is 2.39. The molecule has 5 rings (SSSR count). The summed E-state index contributed by atoms with van der Waals surface area (Å²) in [6.07, 6.45) is 2.31. The van der Waals surface area contributed by atoms with Gasteiger partial charge in [0, 0.05) is 16.4 Å². The molecule has 2 aromatic carbocycles. The Morgan fingerprint density at radius 2 is 2.00 bits per heavy atom. The molecule has 2 aromatic heterocycles. The van der Waals surface area contributed by atoms with Gasteiger partial charge in [-0.2, -0.15) is 0 Å². The van der Waals surface area contributed by atoms with Gasteiger partial charge in [-0.1, -0.05) is 23.7 Å². The molecule has 0 N–H and O–H groups in total. The van der Waals surface area contributed by atoms with Gasteiger partial charge in [-0.25, -0.2) is 0 Å². The Balaban J connectivity index is 1.39. The number of fused-ring (bicyclic) bond motifs is 1. The van der Waals surface area contributed by atoms with Crippen LogP contribution < -0.4 is 9.47 Å². The molecule has 202 valence electrons. The molecule has 0 bridgehead atoms. The van der Waals surface area contributed by atoms with Gasteiger partial charge in [0.25, 0.3) is 5.91 Å². The number of nitrogens with zero attached hydrogens (tertiary/aromatic N) is 2. The highest BCUT2D eigenvalue weighted by Crippen LogP contribution is 2.34. The fourth-order valence-electron chi connectivity index (χ4n) is 4.79. The number of ether oxygens (including phenoxy) is 2. The van der Waals surface area contributed by atoms with E-state index >= 15 is 0 Å². The van der Waals surface area contributed by atoms with E-state index in [4.69, 9.17) is 25.5 Å². The average molecular weight is 565 g/mol. The van der Waals surface area contributed by atoms with Crippen molar-refractivity contribution >= 4 is 34.8 Å². The van der Waals surface area contributed by atoms with Crippen LogP contribution in [0.1, 0.15) is 38.2 Å². The number of thiophene rings is 1. The number of para-hydroxylation sites is 1. The molecule has 1 aliphatic rings. The van der Waals surface area contributed by atoms with Gasteiger partial charge >= 0.3 is 0 Å². The smallest absolute Gasteiger partial charge is 0.258 e. The lowest BCUT2D eigenvalue weighted by Gasteiger charge is -2.37. The van der Waals surface area contributed by atoms with Gasteiger partial charge in [0.2, 0.25) is 5.91 Å².